The van der Waals surface area contributed by atoms with Crippen molar-refractivity contribution in [2.75, 3.05) is 6.61 Å². The lowest BCUT2D eigenvalue weighted by Gasteiger charge is -2.29. The molecule has 24 heavy (non-hydrogen) atoms. The van der Waals surface area contributed by atoms with Gasteiger partial charge < -0.3 is 14.0 Å². The summed E-state index contributed by atoms with van der Waals surface area (Å²) in [6.45, 7) is 5.74. The highest BCUT2D eigenvalue weighted by Gasteiger charge is 2.41. The standard InChI is InChI=1S/C19H25ClN2O2/c1-15(2)10-18-12-23-19(24-18,13-22-9-8-21-14-22)7-6-16-4-3-5-17(20)11-16/h3-5,8-9,11,14-15,18H,6-7,10,12-13H2,1-2H3. The summed E-state index contributed by atoms with van der Waals surface area (Å²) in [7, 11) is 0. The number of benzene rings is 1. The molecule has 2 unspecified atom stereocenters. The van der Waals surface area contributed by atoms with Crippen LogP contribution in [0.4, 0.5) is 0 Å². The molecule has 0 spiro atoms. The van der Waals surface area contributed by atoms with Crippen molar-refractivity contribution in [3.63, 3.8) is 0 Å². The van der Waals surface area contributed by atoms with Crippen molar-refractivity contribution in [3.8, 4) is 0 Å². The molecule has 2 atom stereocenters. The molecule has 1 saturated heterocycles. The summed E-state index contributed by atoms with van der Waals surface area (Å²) in [4.78, 5) is 4.13. The largest absolute Gasteiger partial charge is 0.345 e. The van der Waals surface area contributed by atoms with Gasteiger partial charge in [0.05, 0.1) is 25.6 Å². The molecule has 4 nitrogen and oxygen atoms in total. The van der Waals surface area contributed by atoms with E-state index in [1.54, 1.807) is 6.20 Å². The Morgan fingerprint density at radius 3 is 3.00 bits per heavy atom. The number of hydrogen-bond acceptors (Lipinski definition) is 3. The fourth-order valence-electron chi connectivity index (χ4n) is 3.24. The number of imidazole rings is 1. The van der Waals surface area contributed by atoms with Gasteiger partial charge in [0.2, 0.25) is 0 Å². The molecule has 0 radical (unpaired) electrons. The highest BCUT2D eigenvalue weighted by Crippen LogP contribution is 2.33. The van der Waals surface area contributed by atoms with Crippen molar-refractivity contribution in [2.24, 2.45) is 5.92 Å². The Morgan fingerprint density at radius 1 is 1.42 bits per heavy atom. The third kappa shape index (κ3) is 4.59. The third-order valence-corrected chi connectivity index (χ3v) is 4.55. The van der Waals surface area contributed by atoms with Crippen LogP contribution in [-0.4, -0.2) is 28.0 Å². The molecule has 2 aromatic rings. The van der Waals surface area contributed by atoms with Crippen LogP contribution in [0.15, 0.2) is 43.0 Å². The fraction of sp³-hybridized carbons (Fsp3) is 0.526. The van der Waals surface area contributed by atoms with Crippen molar-refractivity contribution in [3.05, 3.63) is 53.6 Å². The quantitative estimate of drug-likeness (QED) is 0.747. The van der Waals surface area contributed by atoms with Crippen LogP contribution in [0, 0.1) is 5.92 Å². The van der Waals surface area contributed by atoms with E-state index in [0.29, 0.717) is 19.1 Å². The minimum Gasteiger partial charge on any atom is -0.345 e. The van der Waals surface area contributed by atoms with Gasteiger partial charge in [0, 0.05) is 23.8 Å². The summed E-state index contributed by atoms with van der Waals surface area (Å²) < 4.78 is 14.6. The fourth-order valence-corrected chi connectivity index (χ4v) is 3.45. The van der Waals surface area contributed by atoms with Crippen molar-refractivity contribution in [2.45, 2.75) is 51.5 Å². The molecule has 1 fully saturated rings. The van der Waals surface area contributed by atoms with Gasteiger partial charge in [0.25, 0.3) is 0 Å². The lowest BCUT2D eigenvalue weighted by Crippen LogP contribution is -2.36. The molecule has 0 saturated carbocycles. The molecule has 3 rings (SSSR count). The number of aryl methyl sites for hydroxylation is 1. The minimum atomic E-state index is -0.595. The number of nitrogens with zero attached hydrogens (tertiary/aromatic N) is 2. The Labute approximate surface area is 148 Å². The number of hydrogen-bond donors (Lipinski definition) is 0. The van der Waals surface area contributed by atoms with E-state index in [4.69, 9.17) is 21.1 Å². The minimum absolute atomic E-state index is 0.160. The predicted molar refractivity (Wildman–Crippen MR) is 95.0 cm³/mol. The van der Waals surface area contributed by atoms with Crippen LogP contribution in [0.2, 0.25) is 5.02 Å². The van der Waals surface area contributed by atoms with Crippen molar-refractivity contribution >= 4 is 11.6 Å². The lowest BCUT2D eigenvalue weighted by atomic mass is 10.0. The smallest absolute Gasteiger partial charge is 0.187 e. The van der Waals surface area contributed by atoms with Gasteiger partial charge in [-0.2, -0.15) is 0 Å². The molecule has 5 heteroatoms. The lowest BCUT2D eigenvalue weighted by molar-refractivity contribution is -0.183. The molecule has 130 valence electrons. The molecule has 2 heterocycles. The van der Waals surface area contributed by atoms with Crippen LogP contribution in [0.25, 0.3) is 0 Å². The Morgan fingerprint density at radius 2 is 2.29 bits per heavy atom. The topological polar surface area (TPSA) is 36.3 Å². The molecule has 1 aliphatic rings. The first kappa shape index (κ1) is 17.5. The van der Waals surface area contributed by atoms with Crippen molar-refractivity contribution in [1.82, 2.24) is 9.55 Å². The molecule has 1 aliphatic heterocycles. The van der Waals surface area contributed by atoms with Gasteiger partial charge >= 0.3 is 0 Å². The van der Waals surface area contributed by atoms with Crippen LogP contribution in [0.1, 0.15) is 32.3 Å². The van der Waals surface area contributed by atoms with Crippen LogP contribution in [0.5, 0.6) is 0 Å². The molecule has 0 aliphatic carbocycles. The third-order valence-electron chi connectivity index (χ3n) is 4.31. The molecular weight excluding hydrogens is 324 g/mol. The van der Waals surface area contributed by atoms with E-state index in [0.717, 1.165) is 24.3 Å². The first-order valence-electron chi connectivity index (χ1n) is 8.57. The van der Waals surface area contributed by atoms with Crippen molar-refractivity contribution < 1.29 is 9.47 Å². The van der Waals surface area contributed by atoms with Crippen molar-refractivity contribution in [1.29, 1.82) is 0 Å². The molecule has 0 N–H and O–H groups in total. The zero-order chi connectivity index (χ0) is 17.0. The monoisotopic (exact) mass is 348 g/mol. The zero-order valence-electron chi connectivity index (χ0n) is 14.3. The first-order valence-corrected chi connectivity index (χ1v) is 8.94. The molecule has 0 bridgehead atoms. The Hall–Kier alpha value is -1.36. The summed E-state index contributed by atoms with van der Waals surface area (Å²) in [6.07, 6.45) is 8.37. The maximum absolute atomic E-state index is 6.38. The molecular formula is C19H25ClN2O2. The van der Waals surface area contributed by atoms with Gasteiger partial charge in [-0.15, -0.1) is 0 Å². The van der Waals surface area contributed by atoms with Crippen LogP contribution in [0.3, 0.4) is 0 Å². The van der Waals surface area contributed by atoms with Gasteiger partial charge in [-0.1, -0.05) is 37.6 Å². The second kappa shape index (κ2) is 7.68. The van der Waals surface area contributed by atoms with Gasteiger partial charge in [0.15, 0.2) is 5.79 Å². The normalized spacial score (nSPS) is 23.9. The summed E-state index contributed by atoms with van der Waals surface area (Å²) in [5.74, 6) is -0.00154. The van der Waals surface area contributed by atoms with Crippen LogP contribution in [-0.2, 0) is 22.4 Å². The summed E-state index contributed by atoms with van der Waals surface area (Å²) >= 11 is 6.10. The van der Waals surface area contributed by atoms with Crippen LogP contribution >= 0.6 is 11.6 Å². The Balaban J connectivity index is 1.70. The maximum Gasteiger partial charge on any atom is 0.187 e. The van der Waals surface area contributed by atoms with Gasteiger partial charge in [-0.25, -0.2) is 4.98 Å². The average molecular weight is 349 g/mol. The predicted octanol–water partition coefficient (Wildman–Crippen LogP) is 4.33. The second-order valence-corrected chi connectivity index (χ2v) is 7.39. The first-order chi connectivity index (χ1) is 11.5. The number of ether oxygens (including phenoxy) is 2. The van der Waals surface area contributed by atoms with E-state index < -0.39 is 5.79 Å². The van der Waals surface area contributed by atoms with Gasteiger partial charge in [-0.3, -0.25) is 0 Å². The summed E-state index contributed by atoms with van der Waals surface area (Å²) in [5, 5.41) is 0.766. The molecule has 0 amide bonds. The highest BCUT2D eigenvalue weighted by atomic mass is 35.5. The van der Waals surface area contributed by atoms with E-state index in [9.17, 15) is 0 Å². The number of halogens is 1. The molecule has 1 aromatic heterocycles. The Bertz CT molecular complexity index is 645. The van der Waals surface area contributed by atoms with E-state index in [1.165, 1.54) is 5.56 Å². The van der Waals surface area contributed by atoms with Gasteiger partial charge in [0.1, 0.15) is 0 Å². The number of aromatic nitrogens is 2. The van der Waals surface area contributed by atoms with Crippen LogP contribution < -0.4 is 0 Å². The SMILES string of the molecule is CC(C)CC1COC(CCc2cccc(Cl)c2)(Cn2ccnc2)O1. The maximum atomic E-state index is 6.38. The Kier molecular flexibility index (Phi) is 5.59. The number of rotatable bonds is 7. The summed E-state index contributed by atoms with van der Waals surface area (Å²) in [5.41, 5.74) is 1.20. The van der Waals surface area contributed by atoms with E-state index in [2.05, 4.69) is 24.9 Å². The van der Waals surface area contributed by atoms with Gasteiger partial charge in [-0.05, 0) is 36.5 Å². The summed E-state index contributed by atoms with van der Waals surface area (Å²) in [6, 6.07) is 7.98. The second-order valence-electron chi connectivity index (χ2n) is 6.96. The molecule has 1 aromatic carbocycles. The highest BCUT2D eigenvalue weighted by molar-refractivity contribution is 6.30. The average Bonchev–Trinajstić information content (AvgIpc) is 3.16. The zero-order valence-corrected chi connectivity index (χ0v) is 15.1. The van der Waals surface area contributed by atoms with E-state index in [-0.39, 0.29) is 6.10 Å². The van der Waals surface area contributed by atoms with E-state index >= 15 is 0 Å². The van der Waals surface area contributed by atoms with E-state index in [1.807, 2.05) is 35.3 Å².